The van der Waals surface area contributed by atoms with Crippen molar-refractivity contribution in [3.8, 4) is 0 Å². The first-order valence-electron chi connectivity index (χ1n) is 4.09. The second-order valence-electron chi connectivity index (χ2n) is 2.92. The third kappa shape index (κ3) is 5.57. The largest absolute Gasteiger partial charge is 0.383 e. The average Bonchev–Trinajstić information content (AvgIpc) is 2.05. The first-order valence-corrected chi connectivity index (χ1v) is 4.09. The van der Waals surface area contributed by atoms with Gasteiger partial charge in [-0.05, 0) is 0 Å². The van der Waals surface area contributed by atoms with Crippen LogP contribution in [-0.4, -0.2) is 57.9 Å². The zero-order valence-electron chi connectivity index (χ0n) is 8.45. The Balaban J connectivity index is 3.71. The molecule has 0 fully saturated rings. The van der Waals surface area contributed by atoms with Gasteiger partial charge in [-0.2, -0.15) is 0 Å². The minimum atomic E-state index is -0.143. The number of likely N-dealkylation sites (N-methyl/N-ethyl adjacent to an activating group) is 1. The highest BCUT2D eigenvalue weighted by Crippen LogP contribution is 1.89. The number of hydrogen-bond acceptors (Lipinski definition) is 4. The molecule has 0 aromatic carbocycles. The summed E-state index contributed by atoms with van der Waals surface area (Å²) < 4.78 is 9.55. The molecule has 0 radical (unpaired) electrons. The molecule has 0 aliphatic rings. The molecule has 1 atom stereocenters. The van der Waals surface area contributed by atoms with E-state index >= 15 is 0 Å². The van der Waals surface area contributed by atoms with Gasteiger partial charge in [0.25, 0.3) is 0 Å². The predicted molar refractivity (Wildman–Crippen MR) is 49.4 cm³/mol. The summed E-state index contributed by atoms with van der Waals surface area (Å²) in [6.07, 6.45) is 0. The SMILES string of the molecule is COCC(=O)N(C)CC(N)COC. The second kappa shape index (κ2) is 6.82. The molecule has 0 aliphatic heterocycles. The molecule has 0 aromatic rings. The third-order valence-corrected chi connectivity index (χ3v) is 1.58. The summed E-state index contributed by atoms with van der Waals surface area (Å²) in [4.78, 5) is 12.7. The van der Waals surface area contributed by atoms with Gasteiger partial charge in [0.2, 0.25) is 5.91 Å². The normalized spacial score (nSPS) is 12.6. The number of carbonyl (C=O) groups excluding carboxylic acids is 1. The first kappa shape index (κ1) is 12.3. The minimum Gasteiger partial charge on any atom is -0.383 e. The molecule has 0 saturated carbocycles. The summed E-state index contributed by atoms with van der Waals surface area (Å²) in [5.41, 5.74) is 5.66. The van der Waals surface area contributed by atoms with E-state index in [2.05, 4.69) is 0 Å². The van der Waals surface area contributed by atoms with E-state index in [1.165, 1.54) is 12.0 Å². The Morgan fingerprint density at radius 2 is 2.08 bits per heavy atom. The van der Waals surface area contributed by atoms with Crippen molar-refractivity contribution in [2.75, 3.05) is 41.0 Å². The van der Waals surface area contributed by atoms with Crippen molar-refractivity contribution in [2.24, 2.45) is 5.73 Å². The lowest BCUT2D eigenvalue weighted by Crippen LogP contribution is -2.42. The molecule has 5 heteroatoms. The smallest absolute Gasteiger partial charge is 0.248 e. The van der Waals surface area contributed by atoms with Crippen molar-refractivity contribution in [2.45, 2.75) is 6.04 Å². The molecule has 0 rings (SSSR count). The average molecular weight is 190 g/mol. The Morgan fingerprint density at radius 1 is 1.46 bits per heavy atom. The molecule has 0 heterocycles. The molecule has 13 heavy (non-hydrogen) atoms. The highest BCUT2D eigenvalue weighted by Gasteiger charge is 2.11. The molecule has 1 amide bonds. The molecular weight excluding hydrogens is 172 g/mol. The first-order chi connectivity index (χ1) is 6.11. The maximum atomic E-state index is 11.2. The zero-order chi connectivity index (χ0) is 10.3. The van der Waals surface area contributed by atoms with Crippen LogP contribution in [0.15, 0.2) is 0 Å². The maximum absolute atomic E-state index is 11.2. The van der Waals surface area contributed by atoms with Crippen molar-refractivity contribution in [1.29, 1.82) is 0 Å². The van der Waals surface area contributed by atoms with Gasteiger partial charge in [-0.15, -0.1) is 0 Å². The fourth-order valence-corrected chi connectivity index (χ4v) is 0.954. The van der Waals surface area contributed by atoms with E-state index in [1.54, 1.807) is 14.2 Å². The summed E-state index contributed by atoms with van der Waals surface area (Å²) in [5.74, 6) is -0.0750. The van der Waals surface area contributed by atoms with Crippen molar-refractivity contribution < 1.29 is 14.3 Å². The number of rotatable bonds is 6. The van der Waals surface area contributed by atoms with Gasteiger partial charge in [0.05, 0.1) is 6.61 Å². The van der Waals surface area contributed by atoms with Gasteiger partial charge < -0.3 is 20.1 Å². The number of hydrogen-bond donors (Lipinski definition) is 1. The van der Waals surface area contributed by atoms with Crippen molar-refractivity contribution in [3.05, 3.63) is 0 Å². The van der Waals surface area contributed by atoms with Crippen LogP contribution in [0.2, 0.25) is 0 Å². The fourth-order valence-electron chi connectivity index (χ4n) is 0.954. The molecule has 2 N–H and O–H groups in total. The van der Waals surface area contributed by atoms with E-state index in [9.17, 15) is 4.79 Å². The fraction of sp³-hybridized carbons (Fsp3) is 0.875. The van der Waals surface area contributed by atoms with Crippen LogP contribution >= 0.6 is 0 Å². The number of amides is 1. The summed E-state index contributed by atoms with van der Waals surface area (Å²) in [5, 5.41) is 0. The lowest BCUT2D eigenvalue weighted by molar-refractivity contribution is -0.134. The van der Waals surface area contributed by atoms with Gasteiger partial charge in [0.15, 0.2) is 0 Å². The molecule has 0 aromatic heterocycles. The van der Waals surface area contributed by atoms with Crippen LogP contribution in [0.3, 0.4) is 0 Å². The Bertz CT molecular complexity index is 152. The molecule has 0 bridgehead atoms. The van der Waals surface area contributed by atoms with Crippen molar-refractivity contribution >= 4 is 5.91 Å². The number of nitrogens with two attached hydrogens (primary N) is 1. The van der Waals surface area contributed by atoms with Gasteiger partial charge >= 0.3 is 0 Å². The van der Waals surface area contributed by atoms with Gasteiger partial charge in [-0.25, -0.2) is 0 Å². The van der Waals surface area contributed by atoms with Crippen LogP contribution in [0.4, 0.5) is 0 Å². The lowest BCUT2D eigenvalue weighted by atomic mass is 10.3. The summed E-state index contributed by atoms with van der Waals surface area (Å²) in [7, 11) is 4.76. The summed E-state index contributed by atoms with van der Waals surface area (Å²) in [6, 6.07) is -0.143. The zero-order valence-corrected chi connectivity index (χ0v) is 8.45. The molecule has 5 nitrogen and oxygen atoms in total. The van der Waals surface area contributed by atoms with Crippen LogP contribution in [0.25, 0.3) is 0 Å². The standard InChI is InChI=1S/C8H18N2O3/c1-10(8(11)6-13-3)4-7(9)5-12-2/h7H,4-6,9H2,1-3H3. The predicted octanol–water partition coefficient (Wildman–Crippen LogP) is -0.935. The molecular formula is C8H18N2O3. The quantitative estimate of drug-likeness (QED) is 0.587. The van der Waals surface area contributed by atoms with Gasteiger partial charge in [0.1, 0.15) is 6.61 Å². The van der Waals surface area contributed by atoms with Crippen LogP contribution in [-0.2, 0) is 14.3 Å². The van der Waals surface area contributed by atoms with E-state index in [-0.39, 0.29) is 18.6 Å². The van der Waals surface area contributed by atoms with Crippen LogP contribution in [0.5, 0.6) is 0 Å². The van der Waals surface area contributed by atoms with E-state index in [4.69, 9.17) is 15.2 Å². The molecule has 0 aliphatic carbocycles. The van der Waals surface area contributed by atoms with Crippen molar-refractivity contribution in [1.82, 2.24) is 4.90 Å². The van der Waals surface area contributed by atoms with Crippen LogP contribution < -0.4 is 5.73 Å². The van der Waals surface area contributed by atoms with Gasteiger partial charge in [0, 0.05) is 33.9 Å². The molecule has 0 saturated heterocycles. The minimum absolute atomic E-state index is 0.0750. The van der Waals surface area contributed by atoms with Gasteiger partial charge in [-0.3, -0.25) is 4.79 Å². The molecule has 1 unspecified atom stereocenters. The Kier molecular flexibility index (Phi) is 6.48. The summed E-state index contributed by atoms with van der Waals surface area (Å²) >= 11 is 0. The monoisotopic (exact) mass is 190 g/mol. The summed E-state index contributed by atoms with van der Waals surface area (Å²) in [6.45, 7) is 1.02. The van der Waals surface area contributed by atoms with E-state index < -0.39 is 0 Å². The van der Waals surface area contributed by atoms with Gasteiger partial charge in [-0.1, -0.05) is 0 Å². The Labute approximate surface area is 78.8 Å². The van der Waals surface area contributed by atoms with E-state index in [0.717, 1.165) is 0 Å². The third-order valence-electron chi connectivity index (χ3n) is 1.58. The topological polar surface area (TPSA) is 64.8 Å². The second-order valence-corrected chi connectivity index (χ2v) is 2.92. The van der Waals surface area contributed by atoms with Crippen LogP contribution in [0.1, 0.15) is 0 Å². The molecule has 0 spiro atoms. The highest BCUT2D eigenvalue weighted by atomic mass is 16.5. The lowest BCUT2D eigenvalue weighted by Gasteiger charge is -2.20. The highest BCUT2D eigenvalue weighted by molar-refractivity contribution is 5.77. The Morgan fingerprint density at radius 3 is 2.54 bits per heavy atom. The van der Waals surface area contributed by atoms with E-state index in [1.807, 2.05) is 0 Å². The molecule has 78 valence electrons. The maximum Gasteiger partial charge on any atom is 0.248 e. The number of methoxy groups -OCH3 is 2. The Hall–Kier alpha value is -0.650. The van der Waals surface area contributed by atoms with Crippen LogP contribution in [0, 0.1) is 0 Å². The number of nitrogens with zero attached hydrogens (tertiary/aromatic N) is 1. The van der Waals surface area contributed by atoms with E-state index in [0.29, 0.717) is 13.2 Å². The van der Waals surface area contributed by atoms with Crippen molar-refractivity contribution in [3.63, 3.8) is 0 Å². The number of ether oxygens (including phenoxy) is 2. The number of carbonyl (C=O) groups is 1.